The van der Waals surface area contributed by atoms with Crippen LogP contribution >= 0.6 is 0 Å². The Balaban J connectivity index is 1.25. The van der Waals surface area contributed by atoms with Gasteiger partial charge in [0.05, 0.1) is 18.3 Å². The van der Waals surface area contributed by atoms with Gasteiger partial charge < -0.3 is 14.8 Å². The first kappa shape index (κ1) is 15.5. The number of hydrogen-bond donors (Lipinski definition) is 1. The quantitative estimate of drug-likeness (QED) is 0.751. The molecule has 4 rings (SSSR count). The Morgan fingerprint density at radius 2 is 2.04 bits per heavy atom. The standard InChI is InChI=1S/C19H19N3O3/c23-19(8-10-22-16-4-2-1-3-15(16)12-21-22)20-9-7-14-5-6-17-18(11-14)25-13-24-17/h1-6,11-12H,7-10,13H2,(H,20,23). The molecule has 0 atom stereocenters. The van der Waals surface area contributed by atoms with E-state index >= 15 is 0 Å². The van der Waals surface area contributed by atoms with Gasteiger partial charge in [-0.2, -0.15) is 5.10 Å². The van der Waals surface area contributed by atoms with Gasteiger partial charge >= 0.3 is 0 Å². The van der Waals surface area contributed by atoms with Crippen LogP contribution in [0.5, 0.6) is 11.5 Å². The molecule has 6 nitrogen and oxygen atoms in total. The smallest absolute Gasteiger partial charge is 0.231 e. The zero-order valence-electron chi connectivity index (χ0n) is 13.8. The summed E-state index contributed by atoms with van der Waals surface area (Å²) in [4.78, 5) is 12.1. The lowest BCUT2D eigenvalue weighted by Gasteiger charge is -2.07. The molecule has 0 radical (unpaired) electrons. The summed E-state index contributed by atoms with van der Waals surface area (Å²) in [6, 6.07) is 13.9. The highest BCUT2D eigenvalue weighted by atomic mass is 16.7. The van der Waals surface area contributed by atoms with E-state index in [1.54, 1.807) is 0 Å². The molecule has 1 aliphatic heterocycles. The van der Waals surface area contributed by atoms with Crippen molar-refractivity contribution in [3.8, 4) is 11.5 Å². The van der Waals surface area contributed by atoms with E-state index in [1.165, 1.54) is 0 Å². The van der Waals surface area contributed by atoms with Gasteiger partial charge in [-0.15, -0.1) is 0 Å². The molecule has 0 aliphatic carbocycles. The van der Waals surface area contributed by atoms with E-state index < -0.39 is 0 Å². The van der Waals surface area contributed by atoms with Crippen LogP contribution in [0.4, 0.5) is 0 Å². The normalized spacial score (nSPS) is 12.5. The maximum Gasteiger partial charge on any atom is 0.231 e. The van der Waals surface area contributed by atoms with Gasteiger partial charge in [-0.05, 0) is 30.2 Å². The fourth-order valence-electron chi connectivity index (χ4n) is 2.94. The highest BCUT2D eigenvalue weighted by Gasteiger charge is 2.13. The number of ether oxygens (including phenoxy) is 2. The van der Waals surface area contributed by atoms with E-state index in [1.807, 2.05) is 53.3 Å². The summed E-state index contributed by atoms with van der Waals surface area (Å²) < 4.78 is 12.5. The first-order valence-corrected chi connectivity index (χ1v) is 8.35. The van der Waals surface area contributed by atoms with E-state index in [-0.39, 0.29) is 12.7 Å². The summed E-state index contributed by atoms with van der Waals surface area (Å²) in [6.07, 6.45) is 2.99. The van der Waals surface area contributed by atoms with Gasteiger partial charge in [-0.3, -0.25) is 9.48 Å². The lowest BCUT2D eigenvalue weighted by Crippen LogP contribution is -2.26. The van der Waals surface area contributed by atoms with Crippen LogP contribution < -0.4 is 14.8 Å². The summed E-state index contributed by atoms with van der Waals surface area (Å²) >= 11 is 0. The molecule has 2 heterocycles. The molecule has 1 N–H and O–H groups in total. The second kappa shape index (κ2) is 6.84. The van der Waals surface area contributed by atoms with Crippen molar-refractivity contribution in [2.75, 3.05) is 13.3 Å². The zero-order valence-corrected chi connectivity index (χ0v) is 13.8. The Morgan fingerprint density at radius 3 is 3.00 bits per heavy atom. The van der Waals surface area contributed by atoms with Crippen LogP contribution in [0.3, 0.4) is 0 Å². The number of nitrogens with zero attached hydrogens (tertiary/aromatic N) is 2. The molecule has 3 aromatic rings. The number of fused-ring (bicyclic) bond motifs is 2. The topological polar surface area (TPSA) is 65.4 Å². The fourth-order valence-corrected chi connectivity index (χ4v) is 2.94. The largest absolute Gasteiger partial charge is 0.454 e. The molecule has 1 amide bonds. The highest BCUT2D eigenvalue weighted by Crippen LogP contribution is 2.32. The third-order valence-corrected chi connectivity index (χ3v) is 4.27. The summed E-state index contributed by atoms with van der Waals surface area (Å²) in [6.45, 7) is 1.44. The number of aromatic nitrogens is 2. The molecular formula is C19H19N3O3. The average molecular weight is 337 g/mol. The second-order valence-corrected chi connectivity index (χ2v) is 5.96. The second-order valence-electron chi connectivity index (χ2n) is 5.96. The Hall–Kier alpha value is -3.02. The Morgan fingerprint density at radius 1 is 1.16 bits per heavy atom. The van der Waals surface area contributed by atoms with Gasteiger partial charge in [0.1, 0.15) is 0 Å². The van der Waals surface area contributed by atoms with Crippen molar-refractivity contribution >= 4 is 16.8 Å². The van der Waals surface area contributed by atoms with Gasteiger partial charge in [-0.25, -0.2) is 0 Å². The van der Waals surface area contributed by atoms with Gasteiger partial charge in [0.25, 0.3) is 0 Å². The van der Waals surface area contributed by atoms with E-state index in [4.69, 9.17) is 9.47 Å². The monoisotopic (exact) mass is 337 g/mol. The van der Waals surface area contributed by atoms with Crippen molar-refractivity contribution in [1.82, 2.24) is 15.1 Å². The van der Waals surface area contributed by atoms with Crippen LogP contribution in [0.2, 0.25) is 0 Å². The molecule has 25 heavy (non-hydrogen) atoms. The molecule has 1 aliphatic rings. The first-order valence-electron chi connectivity index (χ1n) is 8.35. The molecule has 0 saturated carbocycles. The minimum atomic E-state index is 0.0281. The molecule has 0 saturated heterocycles. The van der Waals surface area contributed by atoms with Gasteiger partial charge in [0, 0.05) is 18.4 Å². The predicted molar refractivity (Wildman–Crippen MR) is 93.6 cm³/mol. The Labute approximate surface area is 145 Å². The zero-order chi connectivity index (χ0) is 17.1. The van der Waals surface area contributed by atoms with Crippen molar-refractivity contribution in [3.63, 3.8) is 0 Å². The molecule has 6 heteroatoms. The summed E-state index contributed by atoms with van der Waals surface area (Å²) in [5.41, 5.74) is 2.17. The number of para-hydroxylation sites is 1. The third-order valence-electron chi connectivity index (χ3n) is 4.27. The number of carbonyl (C=O) groups is 1. The van der Waals surface area contributed by atoms with Crippen LogP contribution in [-0.2, 0) is 17.8 Å². The number of nitrogens with one attached hydrogen (secondary N) is 1. The summed E-state index contributed by atoms with van der Waals surface area (Å²) in [5, 5.41) is 8.39. The predicted octanol–water partition coefficient (Wildman–Crippen LogP) is 2.51. The van der Waals surface area contributed by atoms with Crippen LogP contribution in [0.25, 0.3) is 10.9 Å². The fraction of sp³-hybridized carbons (Fsp3) is 0.263. The Bertz CT molecular complexity index is 904. The van der Waals surface area contributed by atoms with E-state index in [2.05, 4.69) is 10.4 Å². The van der Waals surface area contributed by atoms with Crippen molar-refractivity contribution in [1.29, 1.82) is 0 Å². The third kappa shape index (κ3) is 3.42. The number of aryl methyl sites for hydroxylation is 1. The highest BCUT2D eigenvalue weighted by molar-refractivity contribution is 5.79. The van der Waals surface area contributed by atoms with Crippen molar-refractivity contribution in [2.24, 2.45) is 0 Å². The molecule has 0 bridgehead atoms. The van der Waals surface area contributed by atoms with E-state index in [0.717, 1.165) is 34.4 Å². The van der Waals surface area contributed by atoms with Crippen LogP contribution in [0.1, 0.15) is 12.0 Å². The molecule has 128 valence electrons. The lowest BCUT2D eigenvalue weighted by molar-refractivity contribution is -0.121. The molecule has 0 spiro atoms. The van der Waals surface area contributed by atoms with Crippen LogP contribution in [0, 0.1) is 0 Å². The number of carbonyl (C=O) groups excluding carboxylic acids is 1. The van der Waals surface area contributed by atoms with Crippen molar-refractivity contribution in [2.45, 2.75) is 19.4 Å². The molecular weight excluding hydrogens is 318 g/mol. The molecule has 0 fully saturated rings. The van der Waals surface area contributed by atoms with E-state index in [0.29, 0.717) is 19.5 Å². The van der Waals surface area contributed by atoms with Gasteiger partial charge in [0.2, 0.25) is 12.7 Å². The molecule has 2 aromatic carbocycles. The van der Waals surface area contributed by atoms with Crippen molar-refractivity contribution in [3.05, 3.63) is 54.2 Å². The van der Waals surface area contributed by atoms with Crippen molar-refractivity contribution < 1.29 is 14.3 Å². The van der Waals surface area contributed by atoms with Gasteiger partial charge in [-0.1, -0.05) is 24.3 Å². The van der Waals surface area contributed by atoms with Crippen LogP contribution in [0.15, 0.2) is 48.7 Å². The first-order chi connectivity index (χ1) is 12.3. The van der Waals surface area contributed by atoms with Crippen LogP contribution in [-0.4, -0.2) is 29.0 Å². The number of rotatable bonds is 6. The maximum atomic E-state index is 12.1. The van der Waals surface area contributed by atoms with Gasteiger partial charge in [0.15, 0.2) is 11.5 Å². The lowest BCUT2D eigenvalue weighted by atomic mass is 10.1. The number of amides is 1. The maximum absolute atomic E-state index is 12.1. The summed E-state index contributed by atoms with van der Waals surface area (Å²) in [7, 11) is 0. The minimum absolute atomic E-state index is 0.0281. The number of benzene rings is 2. The summed E-state index contributed by atoms with van der Waals surface area (Å²) in [5.74, 6) is 1.58. The molecule has 0 unspecified atom stereocenters. The SMILES string of the molecule is O=C(CCn1ncc2ccccc21)NCCc1ccc2c(c1)OCO2. The number of hydrogen-bond acceptors (Lipinski definition) is 4. The minimum Gasteiger partial charge on any atom is -0.454 e. The average Bonchev–Trinajstić information content (AvgIpc) is 3.26. The van der Waals surface area contributed by atoms with E-state index in [9.17, 15) is 4.79 Å². The Kier molecular flexibility index (Phi) is 4.24. The molecule has 1 aromatic heterocycles.